The number of alkyl halides is 21. The van der Waals surface area contributed by atoms with E-state index in [1.165, 1.54) is 0 Å². The maximum absolute atomic E-state index is 13.7. The van der Waals surface area contributed by atoms with E-state index in [-0.39, 0.29) is 0 Å². The van der Waals surface area contributed by atoms with Crippen molar-refractivity contribution < 1.29 is 110 Å². The number of halogens is 22. The predicted molar refractivity (Wildman–Crippen MR) is 69.5 cm³/mol. The molecule has 0 saturated heterocycles. The molecule has 0 aromatic heterocycles. The van der Waals surface area contributed by atoms with E-state index < -0.39 is 80.5 Å². The van der Waals surface area contributed by atoms with Crippen LogP contribution in [-0.2, 0) is 15.0 Å². The highest BCUT2D eigenvalue weighted by molar-refractivity contribution is 7.90. The Bertz CT molecular complexity index is 983. The number of sulfonamides is 1. The van der Waals surface area contributed by atoms with E-state index >= 15 is 0 Å². The Balaban J connectivity index is 7.19. The van der Waals surface area contributed by atoms with Gasteiger partial charge in [-0.3, -0.25) is 0 Å². The molecule has 0 rings (SSSR count). The maximum atomic E-state index is 13.7. The monoisotopic (exact) mass is 647 g/mol. The van der Waals surface area contributed by atoms with Gasteiger partial charge in [-0.25, -0.2) is 8.42 Å². The zero-order valence-electron chi connectivity index (χ0n) is 16.4. The van der Waals surface area contributed by atoms with Crippen LogP contribution in [-0.4, -0.2) is 78.9 Å². The summed E-state index contributed by atoms with van der Waals surface area (Å²) < 4.78 is 305. The molecule has 230 valence electrons. The van der Waals surface area contributed by atoms with Gasteiger partial charge in [0.05, 0.1) is 0 Å². The van der Waals surface area contributed by atoms with Crippen molar-refractivity contribution in [1.29, 1.82) is 0 Å². The molecule has 0 aliphatic rings. The van der Waals surface area contributed by atoms with Crippen LogP contribution in [0, 0.1) is 0 Å². The Morgan fingerprint density at radius 3 is 1.03 bits per heavy atom. The van der Waals surface area contributed by atoms with Crippen LogP contribution < -0.4 is 0 Å². The molecule has 0 aromatic carbocycles. The van der Waals surface area contributed by atoms with Gasteiger partial charge < -0.3 is 0 Å². The zero-order valence-corrected chi connectivity index (χ0v) is 17.2. The Morgan fingerprint density at radius 1 is 0.500 bits per heavy atom. The Morgan fingerprint density at radius 2 is 0.763 bits per heavy atom. The number of rotatable bonds is 11. The lowest BCUT2D eigenvalue weighted by molar-refractivity contribution is -0.458. The molecule has 0 saturated carbocycles. The van der Waals surface area contributed by atoms with Crippen molar-refractivity contribution in [2.24, 2.45) is 0 Å². The second-order valence-corrected chi connectivity index (χ2v) is 8.58. The first-order valence-corrected chi connectivity index (χ1v) is 9.16. The van der Waals surface area contributed by atoms with Crippen molar-refractivity contribution in [1.82, 2.24) is 4.31 Å². The van der Waals surface area contributed by atoms with Crippen LogP contribution in [0.5, 0.6) is 0 Å². The van der Waals surface area contributed by atoms with Gasteiger partial charge in [-0.05, 0) is 4.53 Å². The van der Waals surface area contributed by atoms with Gasteiger partial charge in [0, 0.05) is 7.05 Å². The third kappa shape index (κ3) is 4.29. The van der Waals surface area contributed by atoms with E-state index in [0.717, 1.165) is 4.94 Å². The summed E-state index contributed by atoms with van der Waals surface area (Å²) in [5.41, 5.74) is 0. The second kappa shape index (κ2) is 8.92. The summed E-state index contributed by atoms with van der Waals surface area (Å²) in [6.07, 6.45) is -15.1. The average molecular weight is 647 g/mol. The molecular formula is C11H3F22NO3S. The molecule has 27 heteroatoms. The van der Waals surface area contributed by atoms with E-state index in [4.69, 9.17) is 0 Å². The van der Waals surface area contributed by atoms with E-state index in [1.807, 2.05) is 0 Å². The molecule has 0 N–H and O–H groups in total. The average Bonchev–Trinajstić information content (AvgIpc) is 2.70. The first-order valence-electron chi connectivity index (χ1n) is 7.72. The molecular weight excluding hydrogens is 644 g/mol. The Kier molecular flexibility index (Phi) is 8.53. The molecule has 38 heavy (non-hydrogen) atoms. The number of hydrogen-bond donors (Lipinski definition) is 0. The first-order chi connectivity index (χ1) is 16.0. The third-order valence-electron chi connectivity index (χ3n) is 4.22. The summed E-state index contributed by atoms with van der Waals surface area (Å²) in [5.74, 6) is -54.2. The van der Waals surface area contributed by atoms with Crippen molar-refractivity contribution >= 4 is 10.0 Å². The third-order valence-corrected chi connectivity index (χ3v) is 6.07. The highest BCUT2D eigenvalue weighted by Gasteiger charge is 2.96. The molecule has 0 aliphatic heterocycles. The van der Waals surface area contributed by atoms with Gasteiger partial charge in [0.15, 0.2) is 0 Å². The SMILES string of the molecule is CN(C(F)(F)C(F)(F)OF)S(=O)(=O)C(F)(F)C(F)(F)C(F)(F)C(F)(F)C(F)(F)C(F)(F)C(F)(F)C(F)(F)F. The number of hydrogen-bond acceptors (Lipinski definition) is 3. The molecule has 0 unspecified atom stereocenters. The summed E-state index contributed by atoms with van der Waals surface area (Å²) >= 11 is 0. The van der Waals surface area contributed by atoms with Gasteiger partial charge in [-0.1, -0.05) is 0 Å². The molecule has 0 radical (unpaired) electrons. The van der Waals surface area contributed by atoms with Crippen LogP contribution in [0.25, 0.3) is 0 Å². The summed E-state index contributed by atoms with van der Waals surface area (Å²) in [4.78, 5) is 1.14. The Labute approximate surface area is 192 Å². The quantitative estimate of drug-likeness (QED) is 0.196. The van der Waals surface area contributed by atoms with Crippen molar-refractivity contribution in [3.05, 3.63) is 0 Å². The lowest BCUT2D eigenvalue weighted by atomic mass is 9.91. The highest BCUT2D eigenvalue weighted by atomic mass is 32.2. The minimum absolute atomic E-state index is 1.14. The molecule has 0 spiro atoms. The molecule has 0 fully saturated rings. The minimum atomic E-state index is -9.27. The lowest BCUT2D eigenvalue weighted by Gasteiger charge is -2.43. The topological polar surface area (TPSA) is 46.6 Å². The molecule has 0 bridgehead atoms. The zero-order chi connectivity index (χ0) is 31.8. The van der Waals surface area contributed by atoms with E-state index in [2.05, 4.69) is 0 Å². The van der Waals surface area contributed by atoms with E-state index in [9.17, 15) is 105 Å². The summed E-state index contributed by atoms with van der Waals surface area (Å²) in [6, 6.07) is -7.20. The van der Waals surface area contributed by atoms with Crippen LogP contribution in [0.3, 0.4) is 0 Å². The summed E-state index contributed by atoms with van der Waals surface area (Å²) in [7, 11) is -10.2. The van der Waals surface area contributed by atoms with Crippen LogP contribution in [0.1, 0.15) is 0 Å². The van der Waals surface area contributed by atoms with Gasteiger partial charge >= 0.3 is 59.1 Å². The molecule has 0 atom stereocenters. The van der Waals surface area contributed by atoms with Crippen LogP contribution in [0.15, 0.2) is 0 Å². The molecule has 4 nitrogen and oxygen atoms in total. The normalized spacial score (nSPS) is 16.8. The van der Waals surface area contributed by atoms with Crippen molar-refractivity contribution in [2.45, 2.75) is 59.1 Å². The summed E-state index contributed by atoms with van der Waals surface area (Å²) in [6.45, 7) is 0. The predicted octanol–water partition coefficient (Wildman–Crippen LogP) is 6.30. The molecule has 0 amide bonds. The lowest BCUT2D eigenvalue weighted by Crippen LogP contribution is -2.75. The highest BCUT2D eigenvalue weighted by Crippen LogP contribution is 2.64. The fourth-order valence-corrected chi connectivity index (χ4v) is 3.07. The van der Waals surface area contributed by atoms with Gasteiger partial charge in [0.25, 0.3) is 10.0 Å². The number of likely N-dealkylation sites (N-methyl/N-ethyl adjacent to an activating group) is 1. The smallest absolute Gasteiger partial charge is 0.205 e. The van der Waals surface area contributed by atoms with Gasteiger partial charge in [-0.2, -0.15) is 92.2 Å². The Hall–Kier alpha value is -1.67. The summed E-state index contributed by atoms with van der Waals surface area (Å²) in [5, 5.41) is -8.56. The van der Waals surface area contributed by atoms with Crippen molar-refractivity contribution in [3.63, 3.8) is 0 Å². The van der Waals surface area contributed by atoms with E-state index in [0.29, 0.717) is 0 Å². The van der Waals surface area contributed by atoms with Crippen LogP contribution in [0.2, 0.25) is 0 Å². The van der Waals surface area contributed by atoms with Crippen LogP contribution >= 0.6 is 0 Å². The van der Waals surface area contributed by atoms with Crippen molar-refractivity contribution in [3.8, 4) is 0 Å². The fourth-order valence-electron chi connectivity index (χ4n) is 1.86. The maximum Gasteiger partial charge on any atom is 0.465 e. The first kappa shape index (κ1) is 36.3. The van der Waals surface area contributed by atoms with E-state index in [1.54, 1.807) is 0 Å². The molecule has 0 aromatic rings. The molecule has 0 aliphatic carbocycles. The fraction of sp³-hybridized carbons (Fsp3) is 1.00. The van der Waals surface area contributed by atoms with Gasteiger partial charge in [0.2, 0.25) is 0 Å². The van der Waals surface area contributed by atoms with Gasteiger partial charge in [-0.15, -0.1) is 9.25 Å². The van der Waals surface area contributed by atoms with Crippen LogP contribution in [0.4, 0.5) is 96.7 Å². The number of nitrogens with zero attached hydrogens (tertiary/aromatic N) is 1. The second-order valence-electron chi connectivity index (χ2n) is 6.57. The molecule has 0 heterocycles. The minimum Gasteiger partial charge on any atom is -0.205 e. The van der Waals surface area contributed by atoms with Crippen molar-refractivity contribution in [2.75, 3.05) is 7.05 Å². The largest absolute Gasteiger partial charge is 0.465 e. The standard InChI is InChI=1S/C11H3F22NO3S/c1-34(9(27,28)10(29,30)37-33)38(35,36)11(31,32)7(22,23)5(18,19)3(14,15)2(12,13)4(16,17)6(20,21)8(24,25)26/h1H3. The van der Waals surface area contributed by atoms with Gasteiger partial charge in [0.1, 0.15) is 0 Å².